The maximum atomic E-state index is 7.44. The van der Waals surface area contributed by atoms with Crippen LogP contribution in [0.2, 0.25) is 0 Å². The topological polar surface area (TPSA) is 9.23 Å². The van der Waals surface area contributed by atoms with Gasteiger partial charge < -0.3 is 0 Å². The van der Waals surface area contributed by atoms with Crippen molar-refractivity contribution in [2.24, 2.45) is 0 Å². The molecule has 5 rings (SSSR count). The molecule has 1 unspecified atom stereocenters. The smallest absolute Gasteiger partial charge is 0.162 e. The number of hydrogen-bond donors (Lipinski definition) is 0. The normalized spacial score (nSPS) is 27.9. The van der Waals surface area contributed by atoms with E-state index >= 15 is 0 Å². The molecule has 2 fully saturated rings. The second kappa shape index (κ2) is 8.92. The minimum Gasteiger partial charge on any atom is -0.217 e. The van der Waals surface area contributed by atoms with Gasteiger partial charge in [-0.3, -0.25) is 0 Å². The molecule has 1 nitrogen and oxygen atoms in total. The van der Waals surface area contributed by atoms with Gasteiger partial charge in [-0.25, -0.2) is 4.31 Å². The summed E-state index contributed by atoms with van der Waals surface area (Å²) < 4.78 is 7.44. The van der Waals surface area contributed by atoms with Gasteiger partial charge in [0, 0.05) is 5.66 Å². The largest absolute Gasteiger partial charge is 0.217 e. The Balaban J connectivity index is 1.50. The van der Waals surface area contributed by atoms with Gasteiger partial charge in [-0.15, -0.1) is 0 Å². The molecule has 0 saturated carbocycles. The molecule has 0 aromatic heterocycles. The lowest BCUT2D eigenvalue weighted by Gasteiger charge is -2.33. The minimum absolute atomic E-state index is 0.429. The highest BCUT2D eigenvalue weighted by Crippen LogP contribution is 2.88. The van der Waals surface area contributed by atoms with E-state index in [-0.39, 0.29) is 0 Å². The molecular formula is C27H31OP2+. The van der Waals surface area contributed by atoms with Crippen LogP contribution in [-0.2, 0) is 4.31 Å². The SMILES string of the molecule is C[P+]1(OP2CCC[C@H]2c2ccccc2)[C@H](c2ccccc2)CC[C@H]1c1ccccc1. The van der Waals surface area contributed by atoms with Crippen LogP contribution in [0.1, 0.15) is 59.4 Å². The summed E-state index contributed by atoms with van der Waals surface area (Å²) in [6.07, 6.45) is 6.33. The predicted octanol–water partition coefficient (Wildman–Crippen LogP) is 8.77. The third-order valence-corrected chi connectivity index (χ3v) is 14.8. The van der Waals surface area contributed by atoms with E-state index in [4.69, 9.17) is 4.31 Å². The number of rotatable bonds is 5. The molecule has 2 saturated heterocycles. The molecule has 0 radical (unpaired) electrons. The summed E-state index contributed by atoms with van der Waals surface area (Å²) in [5.74, 6) is 0. The third-order valence-electron chi connectivity index (χ3n) is 6.99. The van der Waals surface area contributed by atoms with E-state index < -0.39 is 15.6 Å². The van der Waals surface area contributed by atoms with Gasteiger partial charge in [0.2, 0.25) is 0 Å². The summed E-state index contributed by atoms with van der Waals surface area (Å²) in [6, 6.07) is 33.5. The van der Waals surface area contributed by atoms with Crippen molar-refractivity contribution >= 4 is 15.6 Å². The van der Waals surface area contributed by atoms with Crippen molar-refractivity contribution in [1.82, 2.24) is 0 Å². The van der Waals surface area contributed by atoms with E-state index in [9.17, 15) is 0 Å². The van der Waals surface area contributed by atoms with Crippen LogP contribution >= 0.6 is 15.6 Å². The monoisotopic (exact) mass is 433 g/mol. The molecule has 2 aliphatic heterocycles. The summed E-state index contributed by atoms with van der Waals surface area (Å²) in [4.78, 5) is 0. The molecule has 4 atom stereocenters. The molecule has 30 heavy (non-hydrogen) atoms. The summed E-state index contributed by atoms with van der Waals surface area (Å²) in [7, 11) is -2.09. The summed E-state index contributed by atoms with van der Waals surface area (Å²) in [5.41, 5.74) is 6.17. The zero-order chi connectivity index (χ0) is 20.4. The number of benzene rings is 3. The van der Waals surface area contributed by atoms with Crippen LogP contribution in [0.15, 0.2) is 91.0 Å². The van der Waals surface area contributed by atoms with Crippen LogP contribution < -0.4 is 0 Å². The van der Waals surface area contributed by atoms with E-state index in [1.54, 1.807) is 0 Å². The van der Waals surface area contributed by atoms with Crippen molar-refractivity contribution in [2.45, 2.75) is 42.7 Å². The van der Waals surface area contributed by atoms with Crippen LogP contribution in [0, 0.1) is 0 Å². The van der Waals surface area contributed by atoms with Gasteiger partial charge in [-0.1, -0.05) is 91.0 Å². The Hall–Kier alpha value is -1.52. The molecule has 0 amide bonds. The maximum Gasteiger partial charge on any atom is 0.162 e. The van der Waals surface area contributed by atoms with Crippen LogP contribution in [-0.4, -0.2) is 12.8 Å². The fourth-order valence-corrected chi connectivity index (χ4v) is 14.1. The number of hydrogen-bond acceptors (Lipinski definition) is 1. The first-order chi connectivity index (χ1) is 14.8. The fraction of sp³-hybridized carbons (Fsp3) is 0.333. The van der Waals surface area contributed by atoms with Crippen LogP contribution in [0.25, 0.3) is 0 Å². The lowest BCUT2D eigenvalue weighted by molar-refractivity contribution is 0.634. The zero-order valence-electron chi connectivity index (χ0n) is 17.7. The zero-order valence-corrected chi connectivity index (χ0v) is 19.5. The van der Waals surface area contributed by atoms with Gasteiger partial charge in [0.1, 0.15) is 11.3 Å². The van der Waals surface area contributed by atoms with Gasteiger partial charge in [-0.2, -0.15) is 0 Å². The highest BCUT2D eigenvalue weighted by atomic mass is 31.2. The molecule has 2 aliphatic rings. The molecule has 3 aromatic carbocycles. The summed E-state index contributed by atoms with van der Waals surface area (Å²) in [6.45, 7) is 2.53. The second-order valence-corrected chi connectivity index (χ2v) is 14.7. The molecule has 0 aliphatic carbocycles. The highest BCUT2D eigenvalue weighted by molar-refractivity contribution is 7.78. The Labute approximate surface area is 183 Å². The molecule has 0 bridgehead atoms. The van der Waals surface area contributed by atoms with Crippen LogP contribution in [0.3, 0.4) is 0 Å². The third kappa shape index (κ3) is 3.89. The molecule has 3 aromatic rings. The van der Waals surface area contributed by atoms with Gasteiger partial charge in [-0.05, 0) is 48.5 Å². The first-order valence-electron chi connectivity index (χ1n) is 11.2. The second-order valence-electron chi connectivity index (χ2n) is 8.78. The maximum absolute atomic E-state index is 7.44. The Morgan fingerprint density at radius 2 is 1.13 bits per heavy atom. The van der Waals surface area contributed by atoms with E-state index in [0.717, 1.165) is 0 Å². The molecule has 2 heterocycles. The van der Waals surface area contributed by atoms with Gasteiger partial charge >= 0.3 is 0 Å². The first-order valence-corrected chi connectivity index (χ1v) is 15.0. The van der Waals surface area contributed by atoms with Gasteiger partial charge in [0.25, 0.3) is 0 Å². The van der Waals surface area contributed by atoms with Gasteiger partial charge in [0.05, 0.1) is 14.8 Å². The first kappa shape index (κ1) is 20.4. The van der Waals surface area contributed by atoms with Crippen molar-refractivity contribution in [3.63, 3.8) is 0 Å². The fourth-order valence-electron chi connectivity index (χ4n) is 5.51. The quantitative estimate of drug-likeness (QED) is 0.365. The average molecular weight is 433 g/mol. The molecular weight excluding hydrogens is 402 g/mol. The predicted molar refractivity (Wildman–Crippen MR) is 132 cm³/mol. The Morgan fingerprint density at radius 3 is 1.63 bits per heavy atom. The van der Waals surface area contributed by atoms with Crippen molar-refractivity contribution in [3.05, 3.63) is 108 Å². The van der Waals surface area contributed by atoms with Gasteiger partial charge in [0.15, 0.2) is 7.49 Å². The van der Waals surface area contributed by atoms with E-state index in [0.29, 0.717) is 17.0 Å². The molecule has 0 spiro atoms. The highest BCUT2D eigenvalue weighted by Gasteiger charge is 2.59. The Morgan fingerprint density at radius 1 is 0.667 bits per heavy atom. The van der Waals surface area contributed by atoms with Crippen LogP contribution in [0.5, 0.6) is 0 Å². The van der Waals surface area contributed by atoms with Crippen molar-refractivity contribution < 1.29 is 4.31 Å². The Kier molecular flexibility index (Phi) is 6.06. The average Bonchev–Trinajstić information content (AvgIpc) is 3.40. The van der Waals surface area contributed by atoms with E-state index in [1.807, 2.05) is 0 Å². The lowest BCUT2D eigenvalue weighted by atomic mass is 10.0. The van der Waals surface area contributed by atoms with Crippen molar-refractivity contribution in [1.29, 1.82) is 0 Å². The standard InChI is InChI=1S/C27H31OP2/c1-30(28-29-21-11-18-25(29)22-12-5-2-6-13-22)26(23-14-7-3-8-15-23)19-20-27(30)24-16-9-4-10-17-24/h2-10,12-17,25-27H,11,18-21H2,1H3/q+1/t25-,26-,27-,29?/m0/s1. The van der Waals surface area contributed by atoms with Crippen LogP contribution in [0.4, 0.5) is 0 Å². The Bertz CT molecular complexity index is 897. The summed E-state index contributed by atoms with van der Waals surface area (Å²) >= 11 is 0. The molecule has 3 heteroatoms. The molecule has 0 N–H and O–H groups in total. The van der Waals surface area contributed by atoms with E-state index in [1.165, 1.54) is 48.5 Å². The lowest BCUT2D eigenvalue weighted by Crippen LogP contribution is -2.08. The van der Waals surface area contributed by atoms with Crippen molar-refractivity contribution in [3.8, 4) is 0 Å². The van der Waals surface area contributed by atoms with E-state index in [2.05, 4.69) is 97.7 Å². The van der Waals surface area contributed by atoms with Crippen molar-refractivity contribution in [2.75, 3.05) is 12.8 Å². The minimum atomic E-state index is -1.66. The molecule has 154 valence electrons. The summed E-state index contributed by atoms with van der Waals surface area (Å²) in [5, 5.41) is 0.